The quantitative estimate of drug-likeness (QED) is 0.756. The monoisotopic (exact) mass is 417 g/mol. The van der Waals surface area contributed by atoms with Gasteiger partial charge < -0.3 is 10.2 Å². The summed E-state index contributed by atoms with van der Waals surface area (Å²) in [6, 6.07) is 4.88. The molecule has 0 radical (unpaired) electrons. The lowest BCUT2D eigenvalue weighted by molar-refractivity contribution is -0.137. The third-order valence-electron chi connectivity index (χ3n) is 5.95. The lowest BCUT2D eigenvalue weighted by Crippen LogP contribution is -2.35. The third-order valence-corrected chi connectivity index (χ3v) is 5.95. The van der Waals surface area contributed by atoms with Crippen LogP contribution in [0.2, 0.25) is 0 Å². The highest BCUT2D eigenvalue weighted by Crippen LogP contribution is 2.36. The van der Waals surface area contributed by atoms with Crippen LogP contribution in [0.5, 0.6) is 0 Å². The average molecular weight is 417 g/mol. The lowest BCUT2D eigenvalue weighted by atomic mass is 9.91. The van der Waals surface area contributed by atoms with E-state index in [0.29, 0.717) is 18.4 Å². The van der Waals surface area contributed by atoms with E-state index in [-0.39, 0.29) is 12.5 Å². The predicted molar refractivity (Wildman–Crippen MR) is 109 cm³/mol. The molecule has 160 valence electrons. The molecule has 3 heterocycles. The summed E-state index contributed by atoms with van der Waals surface area (Å²) in [5, 5.41) is 2.79. The molecule has 1 aromatic heterocycles. The summed E-state index contributed by atoms with van der Waals surface area (Å²) >= 11 is 0. The summed E-state index contributed by atoms with van der Waals surface area (Å²) in [5.74, 6) is -0.0943. The molecule has 2 aromatic rings. The van der Waals surface area contributed by atoms with Gasteiger partial charge in [-0.2, -0.15) is 13.2 Å². The van der Waals surface area contributed by atoms with Crippen LogP contribution in [0.25, 0.3) is 0 Å². The second-order valence-electron chi connectivity index (χ2n) is 8.08. The minimum Gasteiger partial charge on any atom is -0.371 e. The molecule has 2 aliphatic heterocycles. The highest BCUT2D eigenvalue weighted by molar-refractivity contribution is 5.75. The lowest BCUT2D eigenvalue weighted by Gasteiger charge is -2.37. The first-order chi connectivity index (χ1) is 14.4. The number of anilines is 1. The van der Waals surface area contributed by atoms with E-state index in [9.17, 15) is 18.0 Å². The molecule has 30 heavy (non-hydrogen) atoms. The van der Waals surface area contributed by atoms with Gasteiger partial charge in [-0.25, -0.2) is 0 Å². The van der Waals surface area contributed by atoms with E-state index in [0.717, 1.165) is 56.6 Å². The van der Waals surface area contributed by atoms with Crippen LogP contribution in [-0.2, 0) is 36.8 Å². The molecule has 0 aliphatic carbocycles. The summed E-state index contributed by atoms with van der Waals surface area (Å²) in [7, 11) is 0. The fourth-order valence-corrected chi connectivity index (χ4v) is 4.44. The molecule has 4 rings (SSSR count). The number of aromatic nitrogens is 1. The van der Waals surface area contributed by atoms with Gasteiger partial charge >= 0.3 is 6.18 Å². The second-order valence-corrected chi connectivity index (χ2v) is 8.08. The number of nitrogens with zero attached hydrogens (tertiary/aromatic N) is 2. The van der Waals surface area contributed by atoms with E-state index in [2.05, 4.69) is 10.2 Å². The van der Waals surface area contributed by atoms with Gasteiger partial charge in [0.1, 0.15) is 0 Å². The molecule has 1 aromatic carbocycles. The number of alkyl halides is 3. The Hall–Kier alpha value is -2.57. The predicted octanol–water partition coefficient (Wildman–Crippen LogP) is 4.44. The molecule has 2 aliphatic rings. The van der Waals surface area contributed by atoms with Crippen LogP contribution in [-0.4, -0.2) is 24.0 Å². The SMILES string of the molecule is O=C(CCCc1ncc2c3c1CCCN3CCC2)NCc1ccc(C(F)(F)F)cc1. The van der Waals surface area contributed by atoms with E-state index in [1.807, 2.05) is 6.20 Å². The van der Waals surface area contributed by atoms with Gasteiger partial charge in [-0.05, 0) is 67.3 Å². The number of carbonyl (C=O) groups is 1. The van der Waals surface area contributed by atoms with Crippen molar-refractivity contribution < 1.29 is 18.0 Å². The van der Waals surface area contributed by atoms with Gasteiger partial charge in [0.25, 0.3) is 0 Å². The smallest absolute Gasteiger partial charge is 0.371 e. The van der Waals surface area contributed by atoms with E-state index in [1.54, 1.807) is 0 Å². The highest BCUT2D eigenvalue weighted by atomic mass is 19.4. The van der Waals surface area contributed by atoms with Crippen molar-refractivity contribution in [2.45, 2.75) is 57.7 Å². The van der Waals surface area contributed by atoms with Crippen LogP contribution < -0.4 is 10.2 Å². The molecular formula is C23H26F3N3O. The van der Waals surface area contributed by atoms with Crippen molar-refractivity contribution >= 4 is 11.6 Å². The van der Waals surface area contributed by atoms with Crippen LogP contribution >= 0.6 is 0 Å². The van der Waals surface area contributed by atoms with Crippen molar-refractivity contribution in [3.05, 3.63) is 58.4 Å². The van der Waals surface area contributed by atoms with E-state index in [4.69, 9.17) is 4.98 Å². The van der Waals surface area contributed by atoms with Crippen LogP contribution in [0.4, 0.5) is 18.9 Å². The topological polar surface area (TPSA) is 45.2 Å². The fraction of sp³-hybridized carbons (Fsp3) is 0.478. The zero-order chi connectivity index (χ0) is 21.1. The Morgan fingerprint density at radius 3 is 2.57 bits per heavy atom. The van der Waals surface area contributed by atoms with Crippen molar-refractivity contribution in [1.29, 1.82) is 0 Å². The van der Waals surface area contributed by atoms with Gasteiger partial charge in [-0.15, -0.1) is 0 Å². The Kier molecular flexibility index (Phi) is 5.97. The highest BCUT2D eigenvalue weighted by Gasteiger charge is 2.30. The van der Waals surface area contributed by atoms with Crippen molar-refractivity contribution in [3.8, 4) is 0 Å². The normalized spacial score (nSPS) is 15.6. The van der Waals surface area contributed by atoms with Gasteiger partial charge in [0, 0.05) is 43.6 Å². The summed E-state index contributed by atoms with van der Waals surface area (Å²) in [5.41, 5.74) is 5.19. The molecular weight excluding hydrogens is 391 g/mol. The number of hydrogen-bond acceptors (Lipinski definition) is 3. The van der Waals surface area contributed by atoms with Crippen LogP contribution in [0.1, 0.15) is 53.6 Å². The standard InChI is InChI=1S/C23H26F3N3O/c24-23(25,26)18-10-8-16(9-11-18)14-28-21(30)7-1-6-20-19-5-3-13-29-12-2-4-17(15-27-20)22(19)29/h8-11,15H,1-7,12-14H2,(H,28,30). The first kappa shape index (κ1) is 20.7. The zero-order valence-electron chi connectivity index (χ0n) is 16.9. The first-order valence-electron chi connectivity index (χ1n) is 10.6. The average Bonchev–Trinajstić information content (AvgIpc) is 2.74. The van der Waals surface area contributed by atoms with Crippen LogP contribution in [0.3, 0.4) is 0 Å². The molecule has 4 nitrogen and oxygen atoms in total. The number of hydrogen-bond donors (Lipinski definition) is 1. The molecule has 0 fully saturated rings. The third kappa shape index (κ3) is 4.60. The number of pyridine rings is 1. The molecule has 0 unspecified atom stereocenters. The molecule has 0 saturated heterocycles. The molecule has 1 amide bonds. The Bertz CT molecular complexity index is 907. The maximum atomic E-state index is 12.6. The minimum absolute atomic E-state index is 0.0943. The van der Waals surface area contributed by atoms with E-state index in [1.165, 1.54) is 35.4 Å². The number of carbonyl (C=O) groups excluding carboxylic acids is 1. The molecule has 0 bridgehead atoms. The molecule has 0 atom stereocenters. The maximum Gasteiger partial charge on any atom is 0.416 e. The van der Waals surface area contributed by atoms with E-state index < -0.39 is 11.7 Å². The fourth-order valence-electron chi connectivity index (χ4n) is 4.44. The van der Waals surface area contributed by atoms with Crippen molar-refractivity contribution in [3.63, 3.8) is 0 Å². The van der Waals surface area contributed by atoms with Crippen molar-refractivity contribution in [2.24, 2.45) is 0 Å². The van der Waals surface area contributed by atoms with E-state index >= 15 is 0 Å². The number of halogens is 3. The number of benzene rings is 1. The molecule has 0 saturated carbocycles. The van der Waals surface area contributed by atoms with Crippen LogP contribution in [0, 0.1) is 0 Å². The van der Waals surface area contributed by atoms with Gasteiger partial charge in [-0.3, -0.25) is 9.78 Å². The zero-order valence-corrected chi connectivity index (χ0v) is 16.9. The number of nitrogens with one attached hydrogen (secondary N) is 1. The number of rotatable bonds is 6. The van der Waals surface area contributed by atoms with Gasteiger partial charge in [0.15, 0.2) is 0 Å². The Morgan fingerprint density at radius 1 is 1.10 bits per heavy atom. The summed E-state index contributed by atoms with van der Waals surface area (Å²) < 4.78 is 37.8. The minimum atomic E-state index is -4.34. The Balaban J connectivity index is 1.28. The Labute approximate surface area is 174 Å². The second kappa shape index (κ2) is 8.66. The summed E-state index contributed by atoms with van der Waals surface area (Å²) in [6.07, 6.45) is 4.01. The van der Waals surface area contributed by atoms with Crippen LogP contribution in [0.15, 0.2) is 30.5 Å². The van der Waals surface area contributed by atoms with Gasteiger partial charge in [-0.1, -0.05) is 12.1 Å². The maximum absolute atomic E-state index is 12.6. The number of amides is 1. The van der Waals surface area contributed by atoms with Crippen molar-refractivity contribution in [2.75, 3.05) is 18.0 Å². The van der Waals surface area contributed by atoms with Gasteiger partial charge in [0.05, 0.1) is 5.56 Å². The first-order valence-corrected chi connectivity index (χ1v) is 10.6. The molecule has 0 spiro atoms. The van der Waals surface area contributed by atoms with Crippen molar-refractivity contribution in [1.82, 2.24) is 10.3 Å². The summed E-state index contributed by atoms with van der Waals surface area (Å²) in [6.45, 7) is 2.47. The molecule has 7 heteroatoms. The summed E-state index contributed by atoms with van der Waals surface area (Å²) in [4.78, 5) is 19.3. The largest absolute Gasteiger partial charge is 0.416 e. The van der Waals surface area contributed by atoms with Gasteiger partial charge in [0.2, 0.25) is 5.91 Å². The number of aryl methyl sites for hydroxylation is 2. The molecule has 1 N–H and O–H groups in total. The Morgan fingerprint density at radius 2 is 1.83 bits per heavy atom.